The number of benzene rings is 1. The van der Waals surface area contributed by atoms with Crippen molar-refractivity contribution in [2.24, 2.45) is 0 Å². The minimum Gasteiger partial charge on any atom is -0.496 e. The number of rotatable bonds is 6. The molecule has 0 aromatic heterocycles. The third-order valence-corrected chi connectivity index (χ3v) is 3.99. The summed E-state index contributed by atoms with van der Waals surface area (Å²) in [5.41, 5.74) is 1.20. The molecule has 16 heavy (non-hydrogen) atoms. The van der Waals surface area contributed by atoms with Crippen LogP contribution in [0.1, 0.15) is 31.7 Å². The molecule has 0 amide bonds. The molecule has 1 aromatic rings. The standard InChI is InChI=1S/C13H18BrClO/c1-3-11(14)6-4-5-10-9-12(15)7-8-13(10)16-2/h7-9,11H,3-6H2,1-2H3. The number of hydrogen-bond donors (Lipinski definition) is 0. The maximum absolute atomic E-state index is 5.98. The minimum atomic E-state index is 0.623. The maximum Gasteiger partial charge on any atom is 0.122 e. The molecule has 0 heterocycles. The molecular formula is C13H18BrClO. The van der Waals surface area contributed by atoms with Crippen LogP contribution in [0, 0.1) is 0 Å². The summed E-state index contributed by atoms with van der Waals surface area (Å²) in [5.74, 6) is 0.937. The molecule has 0 aliphatic carbocycles. The lowest BCUT2D eigenvalue weighted by Gasteiger charge is -2.10. The number of methoxy groups -OCH3 is 1. The Morgan fingerprint density at radius 1 is 1.44 bits per heavy atom. The molecule has 3 heteroatoms. The van der Waals surface area contributed by atoms with Gasteiger partial charge in [-0.3, -0.25) is 0 Å². The Kier molecular flexibility index (Phi) is 6.22. The third kappa shape index (κ3) is 4.34. The lowest BCUT2D eigenvalue weighted by molar-refractivity contribution is 0.409. The SMILES string of the molecule is CCC(Br)CCCc1cc(Cl)ccc1OC. The molecule has 0 aliphatic heterocycles. The fraction of sp³-hybridized carbons (Fsp3) is 0.538. The van der Waals surface area contributed by atoms with Gasteiger partial charge in [-0.15, -0.1) is 0 Å². The van der Waals surface area contributed by atoms with Crippen molar-refractivity contribution >= 4 is 27.5 Å². The van der Waals surface area contributed by atoms with Crippen LogP contribution in [0.15, 0.2) is 18.2 Å². The first-order valence-electron chi connectivity index (χ1n) is 5.63. The molecule has 1 aromatic carbocycles. The van der Waals surface area contributed by atoms with Gasteiger partial charge in [-0.05, 0) is 49.4 Å². The van der Waals surface area contributed by atoms with Crippen LogP contribution in [0.2, 0.25) is 5.02 Å². The van der Waals surface area contributed by atoms with E-state index in [1.807, 2.05) is 18.2 Å². The Bertz CT molecular complexity index is 328. The van der Waals surface area contributed by atoms with E-state index < -0.39 is 0 Å². The fourth-order valence-corrected chi connectivity index (χ4v) is 2.18. The fourth-order valence-electron chi connectivity index (χ4n) is 1.66. The number of alkyl halides is 1. The Hall–Kier alpha value is -0.210. The summed E-state index contributed by atoms with van der Waals surface area (Å²) in [4.78, 5) is 0.623. The number of ether oxygens (including phenoxy) is 1. The van der Waals surface area contributed by atoms with E-state index >= 15 is 0 Å². The maximum atomic E-state index is 5.98. The van der Waals surface area contributed by atoms with Gasteiger partial charge in [0.15, 0.2) is 0 Å². The monoisotopic (exact) mass is 304 g/mol. The molecule has 1 nitrogen and oxygen atoms in total. The summed E-state index contributed by atoms with van der Waals surface area (Å²) in [6, 6.07) is 5.79. The topological polar surface area (TPSA) is 9.23 Å². The molecule has 0 saturated carbocycles. The van der Waals surface area contributed by atoms with Gasteiger partial charge in [-0.2, -0.15) is 0 Å². The predicted octanol–water partition coefficient (Wildman–Crippen LogP) is 4.84. The van der Waals surface area contributed by atoms with Gasteiger partial charge in [0, 0.05) is 9.85 Å². The first-order chi connectivity index (χ1) is 7.67. The average Bonchev–Trinajstić information content (AvgIpc) is 2.29. The van der Waals surface area contributed by atoms with Crippen LogP contribution in [-0.2, 0) is 6.42 Å². The zero-order valence-corrected chi connectivity index (χ0v) is 12.1. The van der Waals surface area contributed by atoms with E-state index in [9.17, 15) is 0 Å². The highest BCUT2D eigenvalue weighted by Crippen LogP contribution is 2.25. The second-order valence-electron chi connectivity index (χ2n) is 3.85. The first kappa shape index (κ1) is 13.9. The highest BCUT2D eigenvalue weighted by atomic mass is 79.9. The van der Waals surface area contributed by atoms with Gasteiger partial charge in [0.05, 0.1) is 7.11 Å². The molecule has 0 radical (unpaired) electrons. The van der Waals surface area contributed by atoms with Crippen molar-refractivity contribution in [1.82, 2.24) is 0 Å². The molecule has 0 aliphatic rings. The van der Waals surface area contributed by atoms with Crippen LogP contribution in [0.25, 0.3) is 0 Å². The summed E-state index contributed by atoms with van der Waals surface area (Å²) in [5, 5.41) is 0.779. The van der Waals surface area contributed by atoms with Crippen LogP contribution >= 0.6 is 27.5 Å². The molecule has 90 valence electrons. The second kappa shape index (κ2) is 7.18. The van der Waals surface area contributed by atoms with Gasteiger partial charge < -0.3 is 4.74 Å². The lowest BCUT2D eigenvalue weighted by atomic mass is 10.1. The number of hydrogen-bond acceptors (Lipinski definition) is 1. The quantitative estimate of drug-likeness (QED) is 0.683. The Balaban J connectivity index is 2.55. The average molecular weight is 306 g/mol. The lowest BCUT2D eigenvalue weighted by Crippen LogP contribution is -1.98. The summed E-state index contributed by atoms with van der Waals surface area (Å²) >= 11 is 9.62. The molecule has 1 atom stereocenters. The van der Waals surface area contributed by atoms with Crippen LogP contribution < -0.4 is 4.74 Å². The van der Waals surface area contributed by atoms with Gasteiger partial charge in [0.2, 0.25) is 0 Å². The molecule has 0 N–H and O–H groups in total. The van der Waals surface area contributed by atoms with Crippen molar-refractivity contribution in [3.8, 4) is 5.75 Å². The van der Waals surface area contributed by atoms with Gasteiger partial charge >= 0.3 is 0 Å². The summed E-state index contributed by atoms with van der Waals surface area (Å²) in [7, 11) is 1.70. The molecular weight excluding hydrogens is 287 g/mol. The van der Waals surface area contributed by atoms with Gasteiger partial charge in [0.1, 0.15) is 5.75 Å². The second-order valence-corrected chi connectivity index (χ2v) is 5.59. The van der Waals surface area contributed by atoms with Gasteiger partial charge in [-0.25, -0.2) is 0 Å². The Morgan fingerprint density at radius 3 is 2.81 bits per heavy atom. The number of halogens is 2. The zero-order chi connectivity index (χ0) is 12.0. The van der Waals surface area contributed by atoms with E-state index in [-0.39, 0.29) is 0 Å². The van der Waals surface area contributed by atoms with E-state index in [0.717, 1.165) is 23.6 Å². The van der Waals surface area contributed by atoms with E-state index in [2.05, 4.69) is 22.9 Å². The minimum absolute atomic E-state index is 0.623. The molecule has 0 fully saturated rings. The van der Waals surface area contributed by atoms with Crippen molar-refractivity contribution in [1.29, 1.82) is 0 Å². The van der Waals surface area contributed by atoms with Gasteiger partial charge in [0.25, 0.3) is 0 Å². The number of aryl methyl sites for hydroxylation is 1. The van der Waals surface area contributed by atoms with Crippen LogP contribution in [0.3, 0.4) is 0 Å². The first-order valence-corrected chi connectivity index (χ1v) is 6.93. The summed E-state index contributed by atoms with van der Waals surface area (Å²) < 4.78 is 5.31. The molecule has 1 rings (SSSR count). The summed E-state index contributed by atoms with van der Waals surface area (Å²) in [6.45, 7) is 2.19. The highest BCUT2D eigenvalue weighted by molar-refractivity contribution is 9.09. The van der Waals surface area contributed by atoms with E-state index in [1.165, 1.54) is 18.4 Å². The van der Waals surface area contributed by atoms with Crippen molar-refractivity contribution < 1.29 is 4.74 Å². The van der Waals surface area contributed by atoms with Crippen LogP contribution in [0.4, 0.5) is 0 Å². The Labute approximate surface area is 111 Å². The van der Waals surface area contributed by atoms with Crippen molar-refractivity contribution in [2.75, 3.05) is 7.11 Å². The van der Waals surface area contributed by atoms with E-state index in [0.29, 0.717) is 4.83 Å². The molecule has 0 spiro atoms. The molecule has 1 unspecified atom stereocenters. The van der Waals surface area contributed by atoms with E-state index in [4.69, 9.17) is 16.3 Å². The Morgan fingerprint density at radius 2 is 2.19 bits per heavy atom. The predicted molar refractivity (Wildman–Crippen MR) is 73.9 cm³/mol. The van der Waals surface area contributed by atoms with Crippen molar-refractivity contribution in [2.45, 2.75) is 37.4 Å². The summed E-state index contributed by atoms with van der Waals surface area (Å²) in [6.07, 6.45) is 4.53. The zero-order valence-electron chi connectivity index (χ0n) is 9.80. The van der Waals surface area contributed by atoms with Crippen LogP contribution in [0.5, 0.6) is 5.75 Å². The third-order valence-electron chi connectivity index (χ3n) is 2.65. The normalized spacial score (nSPS) is 12.5. The van der Waals surface area contributed by atoms with E-state index in [1.54, 1.807) is 7.11 Å². The molecule has 0 bridgehead atoms. The molecule has 0 saturated heterocycles. The van der Waals surface area contributed by atoms with Crippen molar-refractivity contribution in [3.63, 3.8) is 0 Å². The largest absolute Gasteiger partial charge is 0.496 e. The van der Waals surface area contributed by atoms with Crippen LogP contribution in [-0.4, -0.2) is 11.9 Å². The highest BCUT2D eigenvalue weighted by Gasteiger charge is 2.05. The van der Waals surface area contributed by atoms with Crippen molar-refractivity contribution in [3.05, 3.63) is 28.8 Å². The van der Waals surface area contributed by atoms with Gasteiger partial charge in [-0.1, -0.05) is 34.5 Å². The smallest absolute Gasteiger partial charge is 0.122 e.